The van der Waals surface area contributed by atoms with Crippen molar-refractivity contribution in [1.82, 2.24) is 9.88 Å². The number of benzene rings is 1. The molecular weight excluding hydrogens is 335 g/mol. The Hall–Kier alpha value is -2.40. The fraction of sp³-hybridized carbons (Fsp3) is 0.250. The predicted molar refractivity (Wildman–Crippen MR) is 102 cm³/mol. The number of nitrogens with zero attached hydrogens (tertiary/aromatic N) is 1. The van der Waals surface area contributed by atoms with Crippen LogP contribution < -0.4 is 5.32 Å². The molecule has 130 valence electrons. The molecule has 0 saturated heterocycles. The molecule has 0 fully saturated rings. The number of aromatic nitrogens is 1. The summed E-state index contributed by atoms with van der Waals surface area (Å²) in [5, 5.41) is 2.93. The van der Waals surface area contributed by atoms with Crippen molar-refractivity contribution in [2.75, 3.05) is 0 Å². The molecule has 0 radical (unpaired) electrons. The Labute approximate surface area is 150 Å². The first kappa shape index (κ1) is 17.4. The van der Waals surface area contributed by atoms with Crippen LogP contribution in [0.5, 0.6) is 0 Å². The molecule has 0 aliphatic heterocycles. The molecule has 0 saturated carbocycles. The summed E-state index contributed by atoms with van der Waals surface area (Å²) in [4.78, 5) is 13.9. The number of hydrogen-bond donors (Lipinski definition) is 1. The van der Waals surface area contributed by atoms with Crippen molar-refractivity contribution in [1.29, 1.82) is 0 Å². The Morgan fingerprint density at radius 3 is 2.64 bits per heavy atom. The number of hydrogen-bond acceptors (Lipinski definition) is 2. The van der Waals surface area contributed by atoms with Crippen molar-refractivity contribution in [2.45, 2.75) is 33.9 Å². The number of fused-ring (bicyclic) bond motifs is 1. The smallest absolute Gasteiger partial charge is 0.268 e. The highest BCUT2D eigenvalue weighted by molar-refractivity contribution is 7.19. The highest BCUT2D eigenvalue weighted by atomic mass is 32.1. The lowest BCUT2D eigenvalue weighted by molar-refractivity contribution is 0.0942. The molecule has 3 rings (SSSR count). The molecule has 0 aliphatic rings. The third kappa shape index (κ3) is 3.99. The first-order valence-corrected chi connectivity index (χ1v) is 9.01. The topological polar surface area (TPSA) is 34.0 Å². The molecule has 1 amide bonds. The van der Waals surface area contributed by atoms with E-state index in [1.807, 2.05) is 24.5 Å². The summed E-state index contributed by atoms with van der Waals surface area (Å²) in [5.41, 5.74) is 3.83. The Balaban J connectivity index is 1.84. The summed E-state index contributed by atoms with van der Waals surface area (Å²) in [6.07, 6.45) is 2.11. The Kier molecular flexibility index (Phi) is 5.04. The summed E-state index contributed by atoms with van der Waals surface area (Å²) >= 11 is 1.69. The molecule has 1 N–H and O–H groups in total. The number of nitrogens with one attached hydrogen (secondary N) is 1. The van der Waals surface area contributed by atoms with Crippen LogP contribution in [0, 0.1) is 12.7 Å². The monoisotopic (exact) mass is 356 g/mol. The van der Waals surface area contributed by atoms with Crippen molar-refractivity contribution >= 4 is 27.5 Å². The Bertz CT molecular complexity index is 931. The van der Waals surface area contributed by atoms with E-state index >= 15 is 0 Å². The summed E-state index contributed by atoms with van der Waals surface area (Å²) in [6.45, 7) is 7.22. The van der Waals surface area contributed by atoms with Crippen LogP contribution in [0.2, 0.25) is 0 Å². The number of allylic oxidation sites excluding steroid dienone is 2. The van der Waals surface area contributed by atoms with Gasteiger partial charge < -0.3 is 9.88 Å². The standard InChI is InChI=1S/C20H21FN2OS/c1-13(2)8-9-23-17-10-14(3)25-19(17)11-18(23)20(24)22-12-15-4-6-16(21)7-5-15/h4-8,10-11H,9,12H2,1-3H3,(H,22,24). The van der Waals surface area contributed by atoms with Crippen LogP contribution in [0.1, 0.15) is 34.8 Å². The largest absolute Gasteiger partial charge is 0.347 e. The SMILES string of the molecule is CC(C)=CCn1c(C(=O)NCc2ccc(F)cc2)cc2sc(C)cc21. The predicted octanol–water partition coefficient (Wildman–Crippen LogP) is 5.05. The van der Waals surface area contributed by atoms with Crippen molar-refractivity contribution in [3.05, 3.63) is 70.0 Å². The van der Waals surface area contributed by atoms with Gasteiger partial charge in [0.2, 0.25) is 0 Å². The van der Waals surface area contributed by atoms with E-state index in [-0.39, 0.29) is 11.7 Å². The number of aryl methyl sites for hydroxylation is 1. The minimum Gasteiger partial charge on any atom is -0.347 e. The first-order valence-electron chi connectivity index (χ1n) is 8.19. The van der Waals surface area contributed by atoms with Crippen molar-refractivity contribution < 1.29 is 9.18 Å². The highest BCUT2D eigenvalue weighted by Crippen LogP contribution is 2.29. The van der Waals surface area contributed by atoms with Crippen LogP contribution in [0.15, 0.2) is 48.0 Å². The second-order valence-corrected chi connectivity index (χ2v) is 7.63. The van der Waals surface area contributed by atoms with Crippen molar-refractivity contribution in [3.63, 3.8) is 0 Å². The lowest BCUT2D eigenvalue weighted by Gasteiger charge is -2.09. The van der Waals surface area contributed by atoms with Crippen LogP contribution in [0.25, 0.3) is 10.2 Å². The molecule has 0 unspecified atom stereocenters. The molecule has 5 heteroatoms. The molecule has 25 heavy (non-hydrogen) atoms. The van der Waals surface area contributed by atoms with Gasteiger partial charge in [0, 0.05) is 18.0 Å². The molecule has 0 atom stereocenters. The van der Waals surface area contributed by atoms with Gasteiger partial charge in [-0.05, 0) is 50.6 Å². The lowest BCUT2D eigenvalue weighted by atomic mass is 10.2. The lowest BCUT2D eigenvalue weighted by Crippen LogP contribution is -2.25. The third-order valence-electron chi connectivity index (χ3n) is 3.99. The van der Waals surface area contributed by atoms with Crippen molar-refractivity contribution in [2.24, 2.45) is 0 Å². The zero-order chi connectivity index (χ0) is 18.0. The van der Waals surface area contributed by atoms with E-state index < -0.39 is 0 Å². The third-order valence-corrected chi connectivity index (χ3v) is 4.98. The minimum atomic E-state index is -0.277. The van der Waals surface area contributed by atoms with Gasteiger partial charge in [-0.3, -0.25) is 4.79 Å². The Morgan fingerprint density at radius 2 is 1.96 bits per heavy atom. The van der Waals surface area contributed by atoms with Gasteiger partial charge >= 0.3 is 0 Å². The van der Waals surface area contributed by atoms with Crippen molar-refractivity contribution in [3.8, 4) is 0 Å². The fourth-order valence-electron chi connectivity index (χ4n) is 2.70. The maximum atomic E-state index is 13.0. The molecule has 1 aromatic carbocycles. The fourth-order valence-corrected chi connectivity index (χ4v) is 3.66. The molecule has 3 aromatic rings. The molecular formula is C20H21FN2OS. The van der Waals surface area contributed by atoms with Gasteiger partial charge in [-0.1, -0.05) is 23.8 Å². The zero-order valence-electron chi connectivity index (χ0n) is 14.6. The van der Waals surface area contributed by atoms with E-state index in [1.54, 1.807) is 23.5 Å². The van der Waals surface area contributed by atoms with Crippen LogP contribution >= 0.6 is 11.3 Å². The summed E-state index contributed by atoms with van der Waals surface area (Å²) in [6, 6.07) is 10.2. The molecule has 2 aromatic heterocycles. The van der Waals surface area contributed by atoms with Crippen LogP contribution in [-0.4, -0.2) is 10.5 Å². The number of carbonyl (C=O) groups is 1. The quantitative estimate of drug-likeness (QED) is 0.638. The summed E-state index contributed by atoms with van der Waals surface area (Å²) in [5.74, 6) is -0.395. The van der Waals surface area contributed by atoms with Gasteiger partial charge in [0.05, 0.1) is 10.2 Å². The van der Waals surface area contributed by atoms with Crippen LogP contribution in [0.3, 0.4) is 0 Å². The van der Waals surface area contributed by atoms with Gasteiger partial charge in [0.25, 0.3) is 5.91 Å². The molecule has 3 nitrogen and oxygen atoms in total. The second-order valence-electron chi connectivity index (χ2n) is 6.34. The molecule has 0 aliphatic carbocycles. The molecule has 0 bridgehead atoms. The van der Waals surface area contributed by atoms with E-state index in [1.165, 1.54) is 22.6 Å². The second kappa shape index (κ2) is 7.23. The van der Waals surface area contributed by atoms with E-state index in [0.717, 1.165) is 15.8 Å². The van der Waals surface area contributed by atoms with Gasteiger partial charge in [0.15, 0.2) is 0 Å². The van der Waals surface area contributed by atoms with E-state index in [4.69, 9.17) is 0 Å². The number of carbonyl (C=O) groups excluding carboxylic acids is 1. The summed E-state index contributed by atoms with van der Waals surface area (Å²) < 4.78 is 16.1. The van der Waals surface area contributed by atoms with E-state index in [9.17, 15) is 9.18 Å². The van der Waals surface area contributed by atoms with Gasteiger partial charge in [-0.15, -0.1) is 11.3 Å². The number of amides is 1. The first-order chi connectivity index (χ1) is 11.9. The van der Waals surface area contributed by atoms with Gasteiger partial charge in [-0.2, -0.15) is 0 Å². The number of thiophene rings is 1. The average Bonchev–Trinajstić information content (AvgIpc) is 3.08. The maximum Gasteiger partial charge on any atom is 0.268 e. The van der Waals surface area contributed by atoms with E-state index in [2.05, 4.69) is 24.4 Å². The maximum absolute atomic E-state index is 13.0. The normalized spacial score (nSPS) is 10.9. The minimum absolute atomic E-state index is 0.118. The average molecular weight is 356 g/mol. The van der Waals surface area contributed by atoms with Gasteiger partial charge in [-0.25, -0.2) is 4.39 Å². The zero-order valence-corrected chi connectivity index (χ0v) is 15.4. The Morgan fingerprint density at radius 1 is 1.24 bits per heavy atom. The number of rotatable bonds is 5. The summed E-state index contributed by atoms with van der Waals surface area (Å²) in [7, 11) is 0. The molecule has 0 spiro atoms. The van der Waals surface area contributed by atoms with E-state index in [0.29, 0.717) is 18.8 Å². The number of halogens is 1. The highest BCUT2D eigenvalue weighted by Gasteiger charge is 2.16. The van der Waals surface area contributed by atoms with Crippen LogP contribution in [-0.2, 0) is 13.1 Å². The van der Waals surface area contributed by atoms with Crippen LogP contribution in [0.4, 0.5) is 4.39 Å². The van der Waals surface area contributed by atoms with Gasteiger partial charge in [0.1, 0.15) is 11.5 Å². The molecule has 2 heterocycles.